The molecule has 0 unspecified atom stereocenters. The van der Waals surface area contributed by atoms with Crippen LogP contribution < -0.4 is 10.1 Å². The SMILES string of the molecule is COc1ccc(C[C@H]2CCNC2)cc1. The Balaban J connectivity index is 1.95. The highest BCUT2D eigenvalue weighted by Gasteiger charge is 2.14. The molecule has 1 aliphatic heterocycles. The molecule has 14 heavy (non-hydrogen) atoms. The fourth-order valence-corrected chi connectivity index (χ4v) is 1.98. The van der Waals surface area contributed by atoms with Gasteiger partial charge in [0.2, 0.25) is 0 Å². The van der Waals surface area contributed by atoms with Crippen LogP contribution in [-0.4, -0.2) is 20.2 Å². The molecule has 1 aliphatic rings. The van der Waals surface area contributed by atoms with Crippen molar-refractivity contribution < 1.29 is 4.74 Å². The molecule has 0 radical (unpaired) electrons. The predicted octanol–water partition coefficient (Wildman–Crippen LogP) is 1.85. The van der Waals surface area contributed by atoms with Crippen LogP contribution in [0.15, 0.2) is 24.3 Å². The topological polar surface area (TPSA) is 21.3 Å². The number of hydrogen-bond acceptors (Lipinski definition) is 2. The van der Waals surface area contributed by atoms with Crippen molar-refractivity contribution in [2.75, 3.05) is 20.2 Å². The van der Waals surface area contributed by atoms with E-state index >= 15 is 0 Å². The second kappa shape index (κ2) is 4.47. The van der Waals surface area contributed by atoms with Crippen LogP contribution in [0.5, 0.6) is 5.75 Å². The number of benzene rings is 1. The van der Waals surface area contributed by atoms with E-state index in [1.165, 1.54) is 31.5 Å². The summed E-state index contributed by atoms with van der Waals surface area (Å²) >= 11 is 0. The summed E-state index contributed by atoms with van der Waals surface area (Å²) in [6.45, 7) is 2.35. The van der Waals surface area contributed by atoms with Crippen LogP contribution in [-0.2, 0) is 6.42 Å². The first-order valence-corrected chi connectivity index (χ1v) is 5.22. The van der Waals surface area contributed by atoms with E-state index in [0.29, 0.717) is 0 Å². The Morgan fingerprint density at radius 1 is 1.36 bits per heavy atom. The lowest BCUT2D eigenvalue weighted by Crippen LogP contribution is -2.10. The Morgan fingerprint density at radius 3 is 2.71 bits per heavy atom. The average Bonchev–Trinajstić information content (AvgIpc) is 2.72. The largest absolute Gasteiger partial charge is 0.497 e. The Morgan fingerprint density at radius 2 is 2.14 bits per heavy atom. The van der Waals surface area contributed by atoms with E-state index in [2.05, 4.69) is 17.4 Å². The van der Waals surface area contributed by atoms with Crippen LogP contribution in [0.3, 0.4) is 0 Å². The van der Waals surface area contributed by atoms with E-state index < -0.39 is 0 Å². The summed E-state index contributed by atoms with van der Waals surface area (Å²) in [6.07, 6.45) is 2.50. The van der Waals surface area contributed by atoms with Gasteiger partial charge in [-0.15, -0.1) is 0 Å². The third-order valence-corrected chi connectivity index (χ3v) is 2.85. The molecule has 0 saturated carbocycles. The third-order valence-electron chi connectivity index (χ3n) is 2.85. The average molecular weight is 191 g/mol. The first-order chi connectivity index (χ1) is 6.88. The second-order valence-electron chi connectivity index (χ2n) is 3.91. The molecular formula is C12H17NO. The summed E-state index contributed by atoms with van der Waals surface area (Å²) in [5, 5.41) is 3.39. The lowest BCUT2D eigenvalue weighted by atomic mass is 9.99. The molecule has 1 fully saturated rings. The molecule has 0 bridgehead atoms. The van der Waals surface area contributed by atoms with Gasteiger partial charge in [-0.3, -0.25) is 0 Å². The maximum absolute atomic E-state index is 5.13. The Bertz CT molecular complexity index is 275. The Kier molecular flexibility index (Phi) is 3.04. The number of methoxy groups -OCH3 is 1. The van der Waals surface area contributed by atoms with Crippen LogP contribution >= 0.6 is 0 Å². The minimum Gasteiger partial charge on any atom is -0.497 e. The number of hydrogen-bond donors (Lipinski definition) is 1. The zero-order valence-corrected chi connectivity index (χ0v) is 8.62. The van der Waals surface area contributed by atoms with Crippen LogP contribution in [0, 0.1) is 5.92 Å². The fourth-order valence-electron chi connectivity index (χ4n) is 1.98. The summed E-state index contributed by atoms with van der Waals surface area (Å²) in [5.74, 6) is 1.77. The summed E-state index contributed by atoms with van der Waals surface area (Å²) in [6, 6.07) is 8.41. The van der Waals surface area contributed by atoms with Gasteiger partial charge in [0.15, 0.2) is 0 Å². The molecule has 2 rings (SSSR count). The van der Waals surface area contributed by atoms with Gasteiger partial charge in [-0.2, -0.15) is 0 Å². The highest BCUT2D eigenvalue weighted by atomic mass is 16.5. The molecule has 1 aromatic carbocycles. The van der Waals surface area contributed by atoms with Crippen LogP contribution in [0.4, 0.5) is 0 Å². The molecule has 0 aromatic heterocycles. The number of rotatable bonds is 3. The maximum atomic E-state index is 5.13. The first-order valence-electron chi connectivity index (χ1n) is 5.22. The van der Waals surface area contributed by atoms with Gasteiger partial charge in [-0.1, -0.05) is 12.1 Å². The zero-order valence-electron chi connectivity index (χ0n) is 8.62. The molecule has 2 heteroatoms. The lowest BCUT2D eigenvalue weighted by molar-refractivity contribution is 0.414. The van der Waals surface area contributed by atoms with Crippen molar-refractivity contribution in [2.45, 2.75) is 12.8 Å². The van der Waals surface area contributed by atoms with E-state index in [1.807, 2.05) is 12.1 Å². The Labute approximate surface area is 85.3 Å². The van der Waals surface area contributed by atoms with E-state index in [0.717, 1.165) is 11.7 Å². The highest BCUT2D eigenvalue weighted by molar-refractivity contribution is 5.27. The van der Waals surface area contributed by atoms with Gasteiger partial charge in [0.1, 0.15) is 5.75 Å². The van der Waals surface area contributed by atoms with Crippen molar-refractivity contribution in [3.05, 3.63) is 29.8 Å². The molecule has 76 valence electrons. The molecule has 1 N–H and O–H groups in total. The van der Waals surface area contributed by atoms with Crippen LogP contribution in [0.1, 0.15) is 12.0 Å². The summed E-state index contributed by atoms with van der Waals surface area (Å²) in [5.41, 5.74) is 1.42. The van der Waals surface area contributed by atoms with Gasteiger partial charge in [0.25, 0.3) is 0 Å². The quantitative estimate of drug-likeness (QED) is 0.787. The van der Waals surface area contributed by atoms with Crippen molar-refractivity contribution in [3.8, 4) is 5.75 Å². The molecule has 1 atom stereocenters. The van der Waals surface area contributed by atoms with Crippen LogP contribution in [0.2, 0.25) is 0 Å². The minimum atomic E-state index is 0.823. The monoisotopic (exact) mass is 191 g/mol. The van der Waals surface area contributed by atoms with Gasteiger partial charge in [0, 0.05) is 0 Å². The summed E-state index contributed by atoms with van der Waals surface area (Å²) in [7, 11) is 1.70. The molecule has 0 spiro atoms. The summed E-state index contributed by atoms with van der Waals surface area (Å²) in [4.78, 5) is 0. The van der Waals surface area contributed by atoms with Crippen molar-refractivity contribution in [2.24, 2.45) is 5.92 Å². The predicted molar refractivity (Wildman–Crippen MR) is 57.7 cm³/mol. The van der Waals surface area contributed by atoms with Crippen molar-refractivity contribution >= 4 is 0 Å². The number of nitrogens with one attached hydrogen (secondary N) is 1. The fraction of sp³-hybridized carbons (Fsp3) is 0.500. The molecule has 1 heterocycles. The molecule has 1 saturated heterocycles. The lowest BCUT2D eigenvalue weighted by Gasteiger charge is -2.08. The van der Waals surface area contributed by atoms with Crippen LogP contribution in [0.25, 0.3) is 0 Å². The van der Waals surface area contributed by atoms with E-state index in [-0.39, 0.29) is 0 Å². The van der Waals surface area contributed by atoms with E-state index in [4.69, 9.17) is 4.74 Å². The standard InChI is InChI=1S/C12H17NO/c1-14-12-4-2-10(3-5-12)8-11-6-7-13-9-11/h2-5,11,13H,6-9H2,1H3/t11-/m1/s1. The second-order valence-corrected chi connectivity index (χ2v) is 3.91. The van der Waals surface area contributed by atoms with Crippen molar-refractivity contribution in [1.29, 1.82) is 0 Å². The van der Waals surface area contributed by atoms with E-state index in [1.54, 1.807) is 7.11 Å². The minimum absolute atomic E-state index is 0.823. The molecule has 2 nitrogen and oxygen atoms in total. The first kappa shape index (κ1) is 9.53. The molecular weight excluding hydrogens is 174 g/mol. The van der Waals surface area contributed by atoms with Crippen molar-refractivity contribution in [1.82, 2.24) is 5.32 Å². The van der Waals surface area contributed by atoms with Gasteiger partial charge in [-0.25, -0.2) is 0 Å². The number of ether oxygens (including phenoxy) is 1. The maximum Gasteiger partial charge on any atom is 0.118 e. The zero-order chi connectivity index (χ0) is 9.80. The highest BCUT2D eigenvalue weighted by Crippen LogP contribution is 2.17. The smallest absolute Gasteiger partial charge is 0.118 e. The van der Waals surface area contributed by atoms with E-state index in [9.17, 15) is 0 Å². The Hall–Kier alpha value is -1.02. The van der Waals surface area contributed by atoms with Gasteiger partial charge < -0.3 is 10.1 Å². The van der Waals surface area contributed by atoms with Crippen molar-refractivity contribution in [3.63, 3.8) is 0 Å². The molecule has 0 amide bonds. The molecule has 0 aliphatic carbocycles. The third kappa shape index (κ3) is 2.26. The summed E-state index contributed by atoms with van der Waals surface area (Å²) < 4.78 is 5.13. The van der Waals surface area contributed by atoms with Gasteiger partial charge in [0.05, 0.1) is 7.11 Å². The van der Waals surface area contributed by atoms with Gasteiger partial charge in [-0.05, 0) is 49.5 Å². The molecule has 1 aromatic rings. The van der Waals surface area contributed by atoms with Gasteiger partial charge >= 0.3 is 0 Å². The normalized spacial score (nSPS) is 21.1.